The number of fused-ring (bicyclic) bond motifs is 2. The number of piperazine rings is 1. The van der Waals surface area contributed by atoms with Crippen molar-refractivity contribution in [1.82, 2.24) is 19.8 Å². The fourth-order valence-electron chi connectivity index (χ4n) is 5.84. The molecule has 226 valence electrons. The zero-order valence-electron chi connectivity index (χ0n) is 25.3. The summed E-state index contributed by atoms with van der Waals surface area (Å²) in [7, 11) is 4.07. The molecule has 0 saturated carbocycles. The van der Waals surface area contributed by atoms with Crippen molar-refractivity contribution in [3.63, 3.8) is 0 Å². The highest BCUT2D eigenvalue weighted by Gasteiger charge is 2.34. The number of hydrogen-bond donors (Lipinski definition) is 1. The summed E-state index contributed by atoms with van der Waals surface area (Å²) in [5.74, 6) is 0.387. The van der Waals surface area contributed by atoms with Crippen LogP contribution in [0.25, 0.3) is 32.8 Å². The molecule has 4 aromatic rings. The lowest BCUT2D eigenvalue weighted by molar-refractivity contribution is -0.128. The monoisotopic (exact) mass is 604 g/mol. The molecule has 1 aromatic heterocycles. The second-order valence-electron chi connectivity index (χ2n) is 11.1. The average molecular weight is 605 g/mol. The molecule has 2 aliphatic rings. The SMILES string of the molecule is C=CC(=O)N1CCN(c2nc(N3CC(N(C)C)C3)nc3c(F)c(-c4cc(O)cc5ccccc45)c(Cl)cc23)CC1C.CC. The number of phenolic OH excluding ortho intramolecular Hbond substituents is 1. The van der Waals surface area contributed by atoms with Crippen LogP contribution in [0, 0.1) is 5.82 Å². The number of anilines is 2. The van der Waals surface area contributed by atoms with Gasteiger partial charge in [-0.25, -0.2) is 9.37 Å². The van der Waals surface area contributed by atoms with Gasteiger partial charge in [-0.05, 0) is 61.6 Å². The first kappa shape index (κ1) is 30.5. The number of aromatic nitrogens is 2. The third-order valence-corrected chi connectivity index (χ3v) is 8.53. The highest BCUT2D eigenvalue weighted by Crippen LogP contribution is 2.43. The van der Waals surface area contributed by atoms with Crippen molar-refractivity contribution in [3.8, 4) is 16.9 Å². The van der Waals surface area contributed by atoms with Crippen LogP contribution >= 0.6 is 11.6 Å². The van der Waals surface area contributed by atoms with Crippen molar-refractivity contribution < 1.29 is 14.3 Å². The molecule has 2 fully saturated rings. The van der Waals surface area contributed by atoms with Gasteiger partial charge in [-0.2, -0.15) is 4.98 Å². The van der Waals surface area contributed by atoms with E-state index in [9.17, 15) is 9.90 Å². The highest BCUT2D eigenvalue weighted by atomic mass is 35.5. The van der Waals surface area contributed by atoms with Gasteiger partial charge in [0.15, 0.2) is 5.82 Å². The summed E-state index contributed by atoms with van der Waals surface area (Å²) < 4.78 is 16.7. The van der Waals surface area contributed by atoms with Gasteiger partial charge >= 0.3 is 0 Å². The van der Waals surface area contributed by atoms with Crippen molar-refractivity contribution in [2.45, 2.75) is 32.9 Å². The predicted octanol–water partition coefficient (Wildman–Crippen LogP) is 5.95. The van der Waals surface area contributed by atoms with Crippen molar-refractivity contribution in [3.05, 3.63) is 66.0 Å². The minimum absolute atomic E-state index is 0.0227. The number of carbonyl (C=O) groups is 1. The number of amides is 1. The van der Waals surface area contributed by atoms with Crippen molar-refractivity contribution in [2.75, 3.05) is 56.6 Å². The van der Waals surface area contributed by atoms with Crippen LogP contribution < -0.4 is 9.80 Å². The van der Waals surface area contributed by atoms with E-state index in [1.165, 1.54) is 12.1 Å². The Kier molecular flexibility index (Phi) is 8.76. The van der Waals surface area contributed by atoms with Gasteiger partial charge in [0.25, 0.3) is 0 Å². The normalized spacial score (nSPS) is 17.2. The standard InChI is InChI=1S/C31H32ClFN6O2.C2H6/c1-5-26(41)39-11-10-37(15-18(39)2)30-24-14-25(32)27(23-13-21(40)12-19-8-6-7-9-22(19)23)28(33)29(24)34-31(35-30)38-16-20(17-38)36(3)4;1-2/h5-9,12-14,18,20,40H,1,10-11,15-17H2,2-4H3;1-2H3. The maximum atomic E-state index is 16.7. The Morgan fingerprint density at radius 3 is 2.47 bits per heavy atom. The maximum Gasteiger partial charge on any atom is 0.246 e. The Morgan fingerprint density at radius 1 is 1.07 bits per heavy atom. The first-order valence-corrected chi connectivity index (χ1v) is 15.0. The second-order valence-corrected chi connectivity index (χ2v) is 11.5. The van der Waals surface area contributed by atoms with E-state index in [0.29, 0.717) is 48.4 Å². The van der Waals surface area contributed by atoms with E-state index in [1.807, 2.05) is 64.0 Å². The number of phenols is 1. The summed E-state index contributed by atoms with van der Waals surface area (Å²) in [6.45, 7) is 12.6. The molecule has 0 radical (unpaired) electrons. The topological polar surface area (TPSA) is 76.0 Å². The molecule has 8 nitrogen and oxygen atoms in total. The summed E-state index contributed by atoms with van der Waals surface area (Å²) >= 11 is 6.84. The number of likely N-dealkylation sites (N-methyl/N-ethyl adjacent to an activating group) is 1. The van der Waals surface area contributed by atoms with Gasteiger partial charge in [-0.15, -0.1) is 0 Å². The first-order chi connectivity index (χ1) is 20.7. The van der Waals surface area contributed by atoms with Crippen LogP contribution in [-0.4, -0.2) is 89.7 Å². The molecule has 43 heavy (non-hydrogen) atoms. The zero-order chi connectivity index (χ0) is 31.0. The molecule has 1 N–H and O–H groups in total. The van der Waals surface area contributed by atoms with E-state index < -0.39 is 5.82 Å². The van der Waals surface area contributed by atoms with Crippen molar-refractivity contribution >= 4 is 50.9 Å². The summed E-state index contributed by atoms with van der Waals surface area (Å²) in [6.07, 6.45) is 1.33. The smallest absolute Gasteiger partial charge is 0.246 e. The molecule has 2 saturated heterocycles. The minimum atomic E-state index is -0.564. The molecule has 1 unspecified atom stereocenters. The molecule has 3 heterocycles. The van der Waals surface area contributed by atoms with Crippen molar-refractivity contribution in [2.24, 2.45) is 0 Å². The molecular weight excluding hydrogens is 567 g/mol. The van der Waals surface area contributed by atoms with Crippen LogP contribution in [0.5, 0.6) is 5.75 Å². The molecular formula is C33H38ClFN6O2. The summed E-state index contributed by atoms with van der Waals surface area (Å²) in [4.78, 5) is 30.1. The number of aromatic hydroxyl groups is 1. The van der Waals surface area contributed by atoms with E-state index in [2.05, 4.69) is 16.4 Å². The van der Waals surface area contributed by atoms with Gasteiger partial charge in [0, 0.05) is 55.8 Å². The number of halogens is 2. The van der Waals surface area contributed by atoms with Crippen LogP contribution in [0.15, 0.2) is 55.1 Å². The minimum Gasteiger partial charge on any atom is -0.508 e. The first-order valence-electron chi connectivity index (χ1n) is 14.7. The molecule has 6 rings (SSSR count). The molecule has 3 aromatic carbocycles. The molecule has 0 aliphatic carbocycles. The van der Waals surface area contributed by atoms with Gasteiger partial charge in [0.1, 0.15) is 17.1 Å². The fraction of sp³-hybridized carbons (Fsp3) is 0.364. The Morgan fingerprint density at radius 2 is 1.79 bits per heavy atom. The number of carbonyl (C=O) groups excluding carboxylic acids is 1. The number of benzene rings is 3. The van der Waals surface area contributed by atoms with Crippen LogP contribution in [0.2, 0.25) is 5.02 Å². The molecule has 1 amide bonds. The van der Waals surface area contributed by atoms with E-state index in [4.69, 9.17) is 21.6 Å². The number of hydrogen-bond acceptors (Lipinski definition) is 7. The third kappa shape index (κ3) is 5.59. The third-order valence-electron chi connectivity index (χ3n) is 8.23. The summed E-state index contributed by atoms with van der Waals surface area (Å²) in [5, 5.41) is 12.7. The number of nitrogens with zero attached hydrogens (tertiary/aromatic N) is 6. The summed E-state index contributed by atoms with van der Waals surface area (Å²) in [5.41, 5.74) is 0.849. The van der Waals surface area contributed by atoms with Gasteiger partial charge in [-0.3, -0.25) is 4.79 Å². The van der Waals surface area contributed by atoms with E-state index in [0.717, 1.165) is 23.9 Å². The lowest BCUT2D eigenvalue weighted by Gasteiger charge is -2.43. The van der Waals surface area contributed by atoms with Gasteiger partial charge in [0.2, 0.25) is 11.9 Å². The van der Waals surface area contributed by atoms with Gasteiger partial charge in [-0.1, -0.05) is 56.3 Å². The molecule has 1 atom stereocenters. The van der Waals surface area contributed by atoms with Gasteiger partial charge < -0.3 is 24.7 Å². The Labute approximate surface area is 257 Å². The largest absolute Gasteiger partial charge is 0.508 e. The van der Waals surface area contributed by atoms with Crippen LogP contribution in [0.3, 0.4) is 0 Å². The van der Waals surface area contributed by atoms with E-state index in [-0.39, 0.29) is 33.8 Å². The Bertz CT molecular complexity index is 1690. The van der Waals surface area contributed by atoms with E-state index in [1.54, 1.807) is 17.0 Å². The quantitative estimate of drug-likeness (QED) is 0.282. The highest BCUT2D eigenvalue weighted by molar-refractivity contribution is 6.35. The lowest BCUT2D eigenvalue weighted by atomic mass is 9.96. The van der Waals surface area contributed by atoms with Gasteiger partial charge in [0.05, 0.1) is 5.02 Å². The average Bonchev–Trinajstić information content (AvgIpc) is 2.96. The Balaban J connectivity index is 0.00000180. The summed E-state index contributed by atoms with van der Waals surface area (Å²) in [6, 6.07) is 12.7. The lowest BCUT2D eigenvalue weighted by Crippen LogP contribution is -2.58. The van der Waals surface area contributed by atoms with Crippen LogP contribution in [0.4, 0.5) is 16.2 Å². The second kappa shape index (κ2) is 12.3. The van der Waals surface area contributed by atoms with Crippen LogP contribution in [0.1, 0.15) is 20.8 Å². The predicted molar refractivity (Wildman–Crippen MR) is 174 cm³/mol. The molecule has 0 spiro atoms. The Hall–Kier alpha value is -3.95. The van der Waals surface area contributed by atoms with E-state index >= 15 is 4.39 Å². The fourth-order valence-corrected chi connectivity index (χ4v) is 6.13. The molecule has 10 heteroatoms. The van der Waals surface area contributed by atoms with Crippen molar-refractivity contribution in [1.29, 1.82) is 0 Å². The molecule has 2 aliphatic heterocycles. The number of rotatable bonds is 5. The van der Waals surface area contributed by atoms with Crippen LogP contribution in [-0.2, 0) is 4.79 Å². The zero-order valence-corrected chi connectivity index (χ0v) is 26.1. The molecule has 0 bridgehead atoms. The maximum absolute atomic E-state index is 16.7.